The maximum Gasteiger partial charge on any atom is 0.295 e. The fourth-order valence-corrected chi connectivity index (χ4v) is 5.34. The van der Waals surface area contributed by atoms with E-state index in [0.717, 1.165) is 16.9 Å². The topological polar surface area (TPSA) is 94.5 Å². The number of benzene rings is 3. The van der Waals surface area contributed by atoms with E-state index in [1.54, 1.807) is 24.3 Å². The van der Waals surface area contributed by atoms with Crippen LogP contribution in [0, 0.1) is 0 Å². The summed E-state index contributed by atoms with van der Waals surface area (Å²) in [5, 5.41) is 11.5. The lowest BCUT2D eigenvalue weighted by Gasteiger charge is -2.26. The first-order valence-corrected chi connectivity index (χ1v) is 12.8. The number of Topliss-reactive ketones (excluding diaryl/α,β-unsaturated/α-hetero) is 1. The Morgan fingerprint density at radius 3 is 2.31 bits per heavy atom. The van der Waals surface area contributed by atoms with Crippen LogP contribution in [0.3, 0.4) is 0 Å². The zero-order valence-corrected chi connectivity index (χ0v) is 22.4. The second-order valence-corrected chi connectivity index (χ2v) is 9.64. The van der Waals surface area contributed by atoms with Gasteiger partial charge in [0.1, 0.15) is 17.6 Å². The van der Waals surface area contributed by atoms with Gasteiger partial charge < -0.3 is 29.0 Å². The Bertz CT molecular complexity index is 1420. The van der Waals surface area contributed by atoms with Crippen LogP contribution in [0.5, 0.6) is 23.0 Å². The Morgan fingerprint density at radius 2 is 1.67 bits per heavy atom. The van der Waals surface area contributed by atoms with Gasteiger partial charge in [-0.1, -0.05) is 30.3 Å². The highest BCUT2D eigenvalue weighted by Gasteiger charge is 2.46. The van der Waals surface area contributed by atoms with Crippen molar-refractivity contribution in [2.75, 3.05) is 27.9 Å². The van der Waals surface area contributed by atoms with Crippen molar-refractivity contribution in [3.05, 3.63) is 88.5 Å². The molecule has 1 saturated heterocycles. The fourth-order valence-electron chi connectivity index (χ4n) is 5.34. The normalized spacial score (nSPS) is 19.5. The Hall–Kier alpha value is -4.46. The predicted molar refractivity (Wildman–Crippen MR) is 145 cm³/mol. The SMILES string of the molecule is COc1cc([C@H]2C(=C(O)c3ccc4c(c3)C[C@H](C)O4)C(=O)C(=O)N2CCc2ccccc2)cc(OC)c1OC. The first-order chi connectivity index (χ1) is 18.9. The molecule has 5 rings (SSSR count). The van der Waals surface area contributed by atoms with Gasteiger partial charge in [0, 0.05) is 18.5 Å². The van der Waals surface area contributed by atoms with Gasteiger partial charge in [-0.2, -0.15) is 0 Å². The smallest absolute Gasteiger partial charge is 0.295 e. The Balaban J connectivity index is 1.65. The molecule has 0 radical (unpaired) electrons. The minimum absolute atomic E-state index is 0.00856. The molecule has 0 bridgehead atoms. The van der Waals surface area contributed by atoms with Gasteiger partial charge in [0.2, 0.25) is 5.75 Å². The van der Waals surface area contributed by atoms with Crippen LogP contribution in [0.15, 0.2) is 66.2 Å². The molecule has 2 atom stereocenters. The summed E-state index contributed by atoms with van der Waals surface area (Å²) in [6, 6.07) is 17.6. The number of carbonyl (C=O) groups is 2. The van der Waals surface area contributed by atoms with Crippen molar-refractivity contribution in [3.8, 4) is 23.0 Å². The van der Waals surface area contributed by atoms with Crippen LogP contribution in [0.2, 0.25) is 0 Å². The van der Waals surface area contributed by atoms with E-state index < -0.39 is 17.7 Å². The molecule has 2 heterocycles. The lowest BCUT2D eigenvalue weighted by atomic mass is 9.93. The average molecular weight is 530 g/mol. The number of rotatable bonds is 8. The van der Waals surface area contributed by atoms with Crippen molar-refractivity contribution < 1.29 is 33.6 Å². The summed E-state index contributed by atoms with van der Waals surface area (Å²) in [7, 11) is 4.51. The van der Waals surface area contributed by atoms with E-state index in [1.807, 2.05) is 43.3 Å². The Labute approximate surface area is 227 Å². The van der Waals surface area contributed by atoms with E-state index in [1.165, 1.54) is 26.2 Å². The van der Waals surface area contributed by atoms with Crippen LogP contribution in [0.25, 0.3) is 5.76 Å². The molecule has 3 aromatic carbocycles. The molecule has 2 aliphatic heterocycles. The number of aliphatic hydroxyl groups is 1. The summed E-state index contributed by atoms with van der Waals surface area (Å²) in [5.74, 6) is 0.236. The number of fused-ring (bicyclic) bond motifs is 1. The van der Waals surface area contributed by atoms with Crippen molar-refractivity contribution in [1.29, 1.82) is 0 Å². The molecule has 0 aliphatic carbocycles. The molecule has 0 saturated carbocycles. The monoisotopic (exact) mass is 529 g/mol. The first-order valence-electron chi connectivity index (χ1n) is 12.8. The molecule has 8 nitrogen and oxygen atoms in total. The highest BCUT2D eigenvalue weighted by Crippen LogP contribution is 2.46. The van der Waals surface area contributed by atoms with Gasteiger partial charge in [-0.05, 0) is 60.4 Å². The summed E-state index contributed by atoms with van der Waals surface area (Å²) in [6.07, 6.45) is 1.25. The molecule has 202 valence electrons. The molecule has 2 aliphatic rings. The first kappa shape index (κ1) is 26.2. The number of amides is 1. The summed E-state index contributed by atoms with van der Waals surface area (Å²) in [4.78, 5) is 28.5. The van der Waals surface area contributed by atoms with Gasteiger partial charge in [0.05, 0.1) is 32.9 Å². The summed E-state index contributed by atoms with van der Waals surface area (Å²) >= 11 is 0. The van der Waals surface area contributed by atoms with Crippen LogP contribution in [-0.4, -0.2) is 55.7 Å². The number of hydrogen-bond acceptors (Lipinski definition) is 7. The molecular formula is C31H31NO7. The molecule has 1 N–H and O–H groups in total. The zero-order chi connectivity index (χ0) is 27.7. The van der Waals surface area contributed by atoms with Crippen LogP contribution in [-0.2, 0) is 22.4 Å². The third kappa shape index (κ3) is 4.78. The summed E-state index contributed by atoms with van der Waals surface area (Å²) in [5.41, 5.74) is 2.97. The highest BCUT2D eigenvalue weighted by molar-refractivity contribution is 6.46. The van der Waals surface area contributed by atoms with Crippen molar-refractivity contribution in [2.24, 2.45) is 0 Å². The van der Waals surface area contributed by atoms with Gasteiger partial charge in [-0.3, -0.25) is 9.59 Å². The number of methoxy groups -OCH3 is 3. The third-order valence-electron chi connectivity index (χ3n) is 7.20. The van der Waals surface area contributed by atoms with E-state index in [9.17, 15) is 14.7 Å². The number of hydrogen-bond donors (Lipinski definition) is 1. The summed E-state index contributed by atoms with van der Waals surface area (Å²) < 4.78 is 22.4. The molecule has 0 unspecified atom stereocenters. The highest BCUT2D eigenvalue weighted by atomic mass is 16.5. The van der Waals surface area contributed by atoms with Gasteiger partial charge in [-0.25, -0.2) is 0 Å². The molecule has 39 heavy (non-hydrogen) atoms. The molecule has 1 amide bonds. The van der Waals surface area contributed by atoms with Crippen LogP contribution >= 0.6 is 0 Å². The van der Waals surface area contributed by atoms with E-state index in [-0.39, 0.29) is 24.0 Å². The van der Waals surface area contributed by atoms with Crippen LogP contribution < -0.4 is 18.9 Å². The number of aliphatic hydroxyl groups excluding tert-OH is 1. The minimum Gasteiger partial charge on any atom is -0.507 e. The largest absolute Gasteiger partial charge is 0.507 e. The molecule has 1 fully saturated rings. The van der Waals surface area contributed by atoms with Crippen molar-refractivity contribution in [1.82, 2.24) is 4.90 Å². The zero-order valence-electron chi connectivity index (χ0n) is 22.4. The Morgan fingerprint density at radius 1 is 0.974 bits per heavy atom. The standard InChI is InChI=1S/C31H31NO7/c1-18-14-21-15-20(10-11-23(21)39-18)28(33)26-27(22-16-24(36-2)30(38-4)25(17-22)37-3)32(31(35)29(26)34)13-12-19-8-6-5-7-9-19/h5-11,15-18,27,33H,12-14H2,1-4H3/t18-,27-/m0/s1. The molecule has 8 heteroatoms. The van der Waals surface area contributed by atoms with E-state index >= 15 is 0 Å². The van der Waals surface area contributed by atoms with Crippen LogP contribution in [0.4, 0.5) is 0 Å². The number of carbonyl (C=O) groups excluding carboxylic acids is 2. The van der Waals surface area contributed by atoms with Crippen molar-refractivity contribution in [3.63, 3.8) is 0 Å². The molecular weight excluding hydrogens is 498 g/mol. The maximum atomic E-state index is 13.5. The quantitative estimate of drug-likeness (QED) is 0.257. The van der Waals surface area contributed by atoms with Gasteiger partial charge in [0.15, 0.2) is 11.5 Å². The molecule has 0 spiro atoms. The number of ketones is 1. The molecule has 3 aromatic rings. The number of nitrogens with zero attached hydrogens (tertiary/aromatic N) is 1. The van der Waals surface area contributed by atoms with Gasteiger partial charge in [-0.15, -0.1) is 0 Å². The Kier molecular flexibility index (Phi) is 7.19. The average Bonchev–Trinajstić information content (AvgIpc) is 3.46. The maximum absolute atomic E-state index is 13.5. The van der Waals surface area contributed by atoms with E-state index in [0.29, 0.717) is 41.2 Å². The third-order valence-corrected chi connectivity index (χ3v) is 7.20. The second kappa shape index (κ2) is 10.7. The predicted octanol–water partition coefficient (Wildman–Crippen LogP) is 4.70. The number of ether oxygens (including phenoxy) is 4. The van der Waals surface area contributed by atoms with Gasteiger partial charge in [0.25, 0.3) is 11.7 Å². The lowest BCUT2D eigenvalue weighted by molar-refractivity contribution is -0.139. The van der Waals surface area contributed by atoms with Crippen LogP contribution in [0.1, 0.15) is 35.2 Å². The molecule has 0 aromatic heterocycles. The van der Waals surface area contributed by atoms with E-state index in [2.05, 4.69) is 0 Å². The van der Waals surface area contributed by atoms with E-state index in [4.69, 9.17) is 18.9 Å². The van der Waals surface area contributed by atoms with Gasteiger partial charge >= 0.3 is 0 Å². The lowest BCUT2D eigenvalue weighted by Crippen LogP contribution is -2.31. The van der Waals surface area contributed by atoms with Crippen molar-refractivity contribution >= 4 is 17.4 Å². The van der Waals surface area contributed by atoms with Crippen molar-refractivity contribution in [2.45, 2.75) is 31.9 Å². The minimum atomic E-state index is -0.870. The second-order valence-electron chi connectivity index (χ2n) is 9.64. The fraction of sp³-hybridized carbons (Fsp3) is 0.290. The number of likely N-dealkylation sites (tertiary alicyclic amines) is 1. The summed E-state index contributed by atoms with van der Waals surface area (Å²) in [6.45, 7) is 2.24.